The van der Waals surface area contributed by atoms with Crippen LogP contribution in [0.3, 0.4) is 0 Å². The minimum absolute atomic E-state index is 0.105. The second-order valence-corrected chi connectivity index (χ2v) is 16.5. The number of carbonyl (C=O) groups excluding carboxylic acids is 2. The van der Waals surface area contributed by atoms with Crippen LogP contribution in [0.25, 0.3) is 0 Å². The summed E-state index contributed by atoms with van der Waals surface area (Å²) in [6.45, 7) is 15.5. The summed E-state index contributed by atoms with van der Waals surface area (Å²) < 4.78 is 0. The first kappa shape index (κ1) is 47.5. The van der Waals surface area contributed by atoms with E-state index < -0.39 is 30.6 Å². The zero-order chi connectivity index (χ0) is 44.3. The standard InChI is InChI=1S/C48H64N4O8/c1-9-33-31(7)47(59)52-39(33)23-37-30(6)34(19-21-44(55)56)40(49-37)25-41-35(20-22-45(57)58)36(26-53)42(50-41)24-38-32(8)46(48(60)51-38)43(54)18-12-17-29(5)16-11-15-28(4)14-10-13-27(2)3/h13,15,17,43,49-50,53-54H,9-12,14,16,18-26H2,1-8H3,(H,55,56)(H,57,58)/b28-15-,29-17+/t43-/m0/s1. The molecule has 4 heterocycles. The molecule has 1 atom stereocenters. The van der Waals surface area contributed by atoms with E-state index >= 15 is 0 Å². The molecule has 2 aromatic rings. The number of allylic oxidation sites excluding steroid dienone is 8. The third-order valence-electron chi connectivity index (χ3n) is 11.7. The molecule has 0 aliphatic carbocycles. The molecular weight excluding hydrogens is 761 g/mol. The van der Waals surface area contributed by atoms with Gasteiger partial charge in [0.05, 0.1) is 29.7 Å². The maximum Gasteiger partial charge on any atom is 0.303 e. The molecule has 2 aliphatic rings. The van der Waals surface area contributed by atoms with Gasteiger partial charge in [0.2, 0.25) is 0 Å². The van der Waals surface area contributed by atoms with Gasteiger partial charge in [-0.2, -0.15) is 0 Å². The number of aromatic nitrogens is 2. The number of amides is 2. The molecule has 0 spiro atoms. The van der Waals surface area contributed by atoms with E-state index in [0.717, 1.165) is 53.8 Å². The highest BCUT2D eigenvalue weighted by atomic mass is 16.4. The van der Waals surface area contributed by atoms with E-state index in [1.807, 2.05) is 13.8 Å². The molecule has 60 heavy (non-hydrogen) atoms. The lowest BCUT2D eigenvalue weighted by molar-refractivity contribution is -0.138. The molecule has 0 unspecified atom stereocenters. The average Bonchev–Trinajstić information content (AvgIpc) is 3.84. The predicted molar refractivity (Wildman–Crippen MR) is 236 cm³/mol. The largest absolute Gasteiger partial charge is 0.481 e. The van der Waals surface area contributed by atoms with Crippen molar-refractivity contribution in [2.45, 2.75) is 158 Å². The molecule has 0 aromatic carbocycles. The number of carboxylic acid groups (broad SMARTS) is 2. The van der Waals surface area contributed by atoms with Crippen molar-refractivity contribution in [1.82, 2.24) is 9.97 Å². The van der Waals surface area contributed by atoms with Gasteiger partial charge in [-0.1, -0.05) is 41.9 Å². The Morgan fingerprint density at radius 1 is 0.667 bits per heavy atom. The number of nitrogens with one attached hydrogen (secondary N) is 2. The molecule has 12 nitrogen and oxygen atoms in total. The van der Waals surface area contributed by atoms with Gasteiger partial charge in [-0.25, -0.2) is 9.98 Å². The number of carbonyl (C=O) groups is 4. The topological polar surface area (TPSA) is 205 Å². The van der Waals surface area contributed by atoms with Crippen molar-refractivity contribution < 1.29 is 39.6 Å². The second-order valence-electron chi connectivity index (χ2n) is 16.5. The maximum atomic E-state index is 13.2. The summed E-state index contributed by atoms with van der Waals surface area (Å²) in [5.74, 6) is -2.69. The first-order chi connectivity index (χ1) is 28.4. The molecule has 0 radical (unpaired) electrons. The van der Waals surface area contributed by atoms with E-state index in [-0.39, 0.29) is 50.0 Å². The Kier molecular flexibility index (Phi) is 17.3. The van der Waals surface area contributed by atoms with E-state index in [1.165, 1.54) is 16.7 Å². The van der Waals surface area contributed by atoms with Crippen molar-refractivity contribution in [3.63, 3.8) is 0 Å². The highest BCUT2D eigenvalue weighted by Gasteiger charge is 2.31. The monoisotopic (exact) mass is 824 g/mol. The molecule has 2 aromatic heterocycles. The van der Waals surface area contributed by atoms with Crippen molar-refractivity contribution in [2.24, 2.45) is 9.98 Å². The Hall–Kier alpha value is -5.20. The van der Waals surface area contributed by atoms with Crippen LogP contribution >= 0.6 is 0 Å². The number of aliphatic hydroxyl groups is 2. The zero-order valence-electron chi connectivity index (χ0n) is 36.7. The molecule has 0 bridgehead atoms. The van der Waals surface area contributed by atoms with Gasteiger partial charge in [0.15, 0.2) is 0 Å². The number of aliphatic hydroxyl groups excluding tert-OH is 2. The van der Waals surface area contributed by atoms with Gasteiger partial charge in [0.1, 0.15) is 0 Å². The van der Waals surface area contributed by atoms with E-state index in [2.05, 4.69) is 65.9 Å². The van der Waals surface area contributed by atoms with E-state index in [9.17, 15) is 39.6 Å². The second kappa shape index (κ2) is 21.9. The van der Waals surface area contributed by atoms with Crippen LogP contribution < -0.4 is 0 Å². The molecule has 0 saturated heterocycles. The van der Waals surface area contributed by atoms with Gasteiger partial charge < -0.3 is 30.4 Å². The number of H-pyrrole nitrogens is 2. The predicted octanol–water partition coefficient (Wildman–Crippen LogP) is 8.42. The van der Waals surface area contributed by atoms with Gasteiger partial charge in [0.25, 0.3) is 11.8 Å². The van der Waals surface area contributed by atoms with E-state index in [0.29, 0.717) is 70.8 Å². The van der Waals surface area contributed by atoms with Gasteiger partial charge in [0, 0.05) is 66.0 Å². The van der Waals surface area contributed by atoms with Crippen LogP contribution in [0, 0.1) is 6.92 Å². The van der Waals surface area contributed by atoms with Crippen LogP contribution in [0.15, 0.2) is 67.2 Å². The van der Waals surface area contributed by atoms with Crippen molar-refractivity contribution in [3.05, 3.63) is 102 Å². The lowest BCUT2D eigenvalue weighted by Crippen LogP contribution is -2.16. The quantitative estimate of drug-likeness (QED) is 0.0566. The highest BCUT2D eigenvalue weighted by Crippen LogP contribution is 2.32. The van der Waals surface area contributed by atoms with Gasteiger partial charge in [-0.05, 0) is 134 Å². The van der Waals surface area contributed by atoms with E-state index in [1.54, 1.807) is 13.8 Å². The van der Waals surface area contributed by atoms with Crippen molar-refractivity contribution in [2.75, 3.05) is 0 Å². The van der Waals surface area contributed by atoms with Crippen LogP contribution in [0.1, 0.15) is 151 Å². The molecule has 2 aliphatic heterocycles. The fraction of sp³-hybridized carbons (Fsp3) is 0.500. The number of hydrogen-bond donors (Lipinski definition) is 6. The summed E-state index contributed by atoms with van der Waals surface area (Å²) in [7, 11) is 0. The summed E-state index contributed by atoms with van der Waals surface area (Å²) in [5.41, 5.74) is 13.1. The Labute approximate surface area is 354 Å². The SMILES string of the molecule is CCC1=C(C)C(=O)N=C1Cc1[nH]c(Cc2[nH]c(CC3=NC(=O)C([C@@H](O)CC/C=C(\C)CC/C=C(/C)CCC=C(C)C)=C3C)c(CO)c2CCC(=O)O)c(CCC(=O)O)c1C. The summed E-state index contributed by atoms with van der Waals surface area (Å²) in [6, 6.07) is 0. The molecule has 324 valence electrons. The lowest BCUT2D eigenvalue weighted by atomic mass is 9.95. The molecule has 4 rings (SSSR count). The lowest BCUT2D eigenvalue weighted by Gasteiger charge is -2.11. The molecule has 0 fully saturated rings. The number of nitrogens with zero attached hydrogens (tertiary/aromatic N) is 2. The highest BCUT2D eigenvalue weighted by molar-refractivity contribution is 6.20. The van der Waals surface area contributed by atoms with Gasteiger partial charge in [-0.3, -0.25) is 19.2 Å². The third-order valence-corrected chi connectivity index (χ3v) is 11.7. The Bertz CT molecular complexity index is 2200. The average molecular weight is 825 g/mol. The first-order valence-electron chi connectivity index (χ1n) is 21.2. The summed E-state index contributed by atoms with van der Waals surface area (Å²) in [4.78, 5) is 64.7. The van der Waals surface area contributed by atoms with Crippen LogP contribution in [0.4, 0.5) is 0 Å². The van der Waals surface area contributed by atoms with Crippen LogP contribution in [-0.2, 0) is 57.9 Å². The van der Waals surface area contributed by atoms with E-state index in [4.69, 9.17) is 0 Å². The maximum absolute atomic E-state index is 13.2. The van der Waals surface area contributed by atoms with Crippen LogP contribution in [0.5, 0.6) is 0 Å². The first-order valence-corrected chi connectivity index (χ1v) is 21.2. The smallest absolute Gasteiger partial charge is 0.303 e. The number of aliphatic carboxylic acids is 2. The van der Waals surface area contributed by atoms with Gasteiger partial charge >= 0.3 is 11.9 Å². The third kappa shape index (κ3) is 12.4. The van der Waals surface area contributed by atoms with Crippen LogP contribution in [0.2, 0.25) is 0 Å². The Morgan fingerprint density at radius 2 is 1.20 bits per heavy atom. The Balaban J connectivity index is 1.56. The molecular formula is C48H64N4O8. The fourth-order valence-electron chi connectivity index (χ4n) is 8.25. The number of carboxylic acids is 2. The molecule has 2 amide bonds. The summed E-state index contributed by atoms with van der Waals surface area (Å²) in [6.07, 6.45) is 12.1. The molecule has 6 N–H and O–H groups in total. The minimum Gasteiger partial charge on any atom is -0.481 e. The van der Waals surface area contributed by atoms with Crippen molar-refractivity contribution >= 4 is 35.2 Å². The van der Waals surface area contributed by atoms with Crippen molar-refractivity contribution in [3.8, 4) is 0 Å². The zero-order valence-corrected chi connectivity index (χ0v) is 36.7. The van der Waals surface area contributed by atoms with Crippen LogP contribution in [-0.4, -0.2) is 71.7 Å². The fourth-order valence-corrected chi connectivity index (χ4v) is 8.25. The Morgan fingerprint density at radius 3 is 1.80 bits per heavy atom. The number of rotatable bonds is 24. The van der Waals surface area contributed by atoms with Crippen molar-refractivity contribution in [1.29, 1.82) is 0 Å². The summed E-state index contributed by atoms with van der Waals surface area (Å²) in [5, 5.41) is 41.1. The number of aliphatic imine (C=N–C) groups is 2. The summed E-state index contributed by atoms with van der Waals surface area (Å²) >= 11 is 0. The number of aromatic amines is 2. The van der Waals surface area contributed by atoms with Gasteiger partial charge in [-0.15, -0.1) is 0 Å². The molecule has 12 heteroatoms. The normalized spacial score (nSPS) is 15.4. The molecule has 0 saturated carbocycles. The number of hydrogen-bond acceptors (Lipinski definition) is 6. The minimum atomic E-state index is -1.00.